The van der Waals surface area contributed by atoms with Crippen molar-refractivity contribution in [3.8, 4) is 0 Å². The normalized spacial score (nSPS) is 24.9. The van der Waals surface area contributed by atoms with E-state index >= 15 is 0 Å². The Morgan fingerprint density at radius 1 is 1.45 bits per heavy atom. The molecule has 1 aromatic heterocycles. The van der Waals surface area contributed by atoms with Crippen molar-refractivity contribution in [1.29, 1.82) is 0 Å². The van der Waals surface area contributed by atoms with Crippen LogP contribution >= 0.6 is 23.7 Å². The van der Waals surface area contributed by atoms with Crippen molar-refractivity contribution in [3.05, 3.63) is 21.4 Å². The van der Waals surface area contributed by atoms with Crippen LogP contribution in [0.25, 0.3) is 0 Å². The number of likely N-dealkylation sites (N-methyl/N-ethyl adjacent to an activating group) is 1. The number of nitrogens with zero attached hydrogens (tertiary/aromatic N) is 1. The molecule has 0 saturated carbocycles. The van der Waals surface area contributed by atoms with Gasteiger partial charge >= 0.3 is 0 Å². The molecule has 1 aliphatic carbocycles. The van der Waals surface area contributed by atoms with Crippen molar-refractivity contribution >= 4 is 29.7 Å². The van der Waals surface area contributed by atoms with Gasteiger partial charge in [-0.3, -0.25) is 4.79 Å². The monoisotopic (exact) mass is 314 g/mol. The maximum absolute atomic E-state index is 12.5. The summed E-state index contributed by atoms with van der Waals surface area (Å²) in [5.74, 6) is 0.975. The number of halogens is 1. The van der Waals surface area contributed by atoms with E-state index in [1.54, 1.807) is 11.3 Å². The third-order valence-electron chi connectivity index (χ3n) is 4.44. The molecule has 0 aromatic carbocycles. The minimum absolute atomic E-state index is 0. The molecule has 0 radical (unpaired) electrons. The number of amides is 1. The molecule has 2 heterocycles. The smallest absolute Gasteiger partial charge is 0.263 e. The van der Waals surface area contributed by atoms with E-state index in [1.165, 1.54) is 16.9 Å². The molecule has 3 rings (SSSR count). The number of carbonyl (C=O) groups is 1. The van der Waals surface area contributed by atoms with Crippen LogP contribution in [0.3, 0.4) is 0 Å². The highest BCUT2D eigenvalue weighted by Crippen LogP contribution is 2.32. The molecule has 1 saturated heterocycles. The Morgan fingerprint density at radius 2 is 2.25 bits per heavy atom. The fraction of sp³-hybridized carbons (Fsp3) is 0.667. The van der Waals surface area contributed by atoms with Crippen molar-refractivity contribution in [2.24, 2.45) is 5.92 Å². The lowest BCUT2D eigenvalue weighted by Crippen LogP contribution is -2.37. The first-order valence-electron chi connectivity index (χ1n) is 7.24. The van der Waals surface area contributed by atoms with Gasteiger partial charge in [0.1, 0.15) is 0 Å². The van der Waals surface area contributed by atoms with Crippen LogP contribution in [0, 0.1) is 5.92 Å². The predicted octanol–water partition coefficient (Wildman–Crippen LogP) is 2.73. The summed E-state index contributed by atoms with van der Waals surface area (Å²) in [6, 6.07) is 2.52. The van der Waals surface area contributed by atoms with Crippen LogP contribution in [-0.2, 0) is 12.8 Å². The molecule has 0 spiro atoms. The van der Waals surface area contributed by atoms with E-state index in [4.69, 9.17) is 0 Å². The zero-order chi connectivity index (χ0) is 13.4. The Morgan fingerprint density at radius 3 is 2.95 bits per heavy atom. The highest BCUT2D eigenvalue weighted by atomic mass is 35.5. The Hall–Kier alpha value is -0.580. The van der Waals surface area contributed by atoms with E-state index in [0.29, 0.717) is 6.04 Å². The van der Waals surface area contributed by atoms with Crippen LogP contribution < -0.4 is 5.32 Å². The SMILES string of the molecule is CC1CCc2sc(C(=O)N(C)C3CCNC3)cc2C1.Cl. The zero-order valence-electron chi connectivity index (χ0n) is 12.1. The summed E-state index contributed by atoms with van der Waals surface area (Å²) in [6.45, 7) is 4.27. The van der Waals surface area contributed by atoms with Crippen molar-refractivity contribution in [2.45, 2.75) is 38.6 Å². The Kier molecular flexibility index (Phi) is 5.10. The topological polar surface area (TPSA) is 32.3 Å². The summed E-state index contributed by atoms with van der Waals surface area (Å²) in [5.41, 5.74) is 1.42. The summed E-state index contributed by atoms with van der Waals surface area (Å²) >= 11 is 1.72. The van der Waals surface area contributed by atoms with E-state index in [-0.39, 0.29) is 18.3 Å². The molecule has 3 nitrogen and oxygen atoms in total. The molecule has 2 aliphatic rings. The summed E-state index contributed by atoms with van der Waals surface area (Å²) in [5, 5.41) is 3.32. The molecule has 1 N–H and O–H groups in total. The van der Waals surface area contributed by atoms with Gasteiger partial charge in [0, 0.05) is 24.5 Å². The van der Waals surface area contributed by atoms with Gasteiger partial charge in [-0.2, -0.15) is 0 Å². The Bertz CT molecular complexity index is 482. The van der Waals surface area contributed by atoms with Gasteiger partial charge in [0.05, 0.1) is 4.88 Å². The second kappa shape index (κ2) is 6.46. The largest absolute Gasteiger partial charge is 0.337 e. The minimum Gasteiger partial charge on any atom is -0.337 e. The number of nitrogens with one attached hydrogen (secondary N) is 1. The van der Waals surface area contributed by atoms with Crippen LogP contribution in [0.2, 0.25) is 0 Å². The number of hydrogen-bond acceptors (Lipinski definition) is 3. The second-order valence-electron chi connectivity index (χ2n) is 5.97. The van der Waals surface area contributed by atoms with Crippen LogP contribution in [0.15, 0.2) is 6.07 Å². The maximum atomic E-state index is 12.5. The van der Waals surface area contributed by atoms with Gasteiger partial charge in [-0.05, 0) is 49.8 Å². The molecule has 1 amide bonds. The van der Waals surface area contributed by atoms with Crippen LogP contribution in [0.4, 0.5) is 0 Å². The van der Waals surface area contributed by atoms with Crippen molar-refractivity contribution in [1.82, 2.24) is 10.2 Å². The molecule has 112 valence electrons. The maximum Gasteiger partial charge on any atom is 0.263 e. The fourth-order valence-corrected chi connectivity index (χ4v) is 4.31. The number of thiophene rings is 1. The Labute approximate surface area is 131 Å². The van der Waals surface area contributed by atoms with Gasteiger partial charge in [0.25, 0.3) is 5.91 Å². The number of rotatable bonds is 2. The number of aryl methyl sites for hydroxylation is 1. The quantitative estimate of drug-likeness (QED) is 0.910. The summed E-state index contributed by atoms with van der Waals surface area (Å²) < 4.78 is 0. The predicted molar refractivity (Wildman–Crippen MR) is 86.1 cm³/mol. The first kappa shape index (κ1) is 15.8. The third kappa shape index (κ3) is 3.02. The van der Waals surface area contributed by atoms with E-state index in [1.807, 2.05) is 11.9 Å². The minimum atomic E-state index is 0. The van der Waals surface area contributed by atoms with Crippen LogP contribution in [-0.4, -0.2) is 37.0 Å². The molecule has 1 aliphatic heterocycles. The van der Waals surface area contributed by atoms with Gasteiger partial charge in [-0.1, -0.05) is 6.92 Å². The first-order chi connectivity index (χ1) is 9.15. The molecule has 20 heavy (non-hydrogen) atoms. The molecule has 2 atom stereocenters. The lowest BCUT2D eigenvalue weighted by atomic mass is 9.90. The number of hydrogen-bond donors (Lipinski definition) is 1. The molecule has 1 aromatic rings. The fourth-order valence-electron chi connectivity index (χ4n) is 3.12. The summed E-state index contributed by atoms with van der Waals surface area (Å²) in [6.07, 6.45) is 4.64. The molecule has 5 heteroatoms. The molecular weight excluding hydrogens is 292 g/mol. The van der Waals surface area contributed by atoms with Gasteiger partial charge < -0.3 is 10.2 Å². The molecular formula is C15H23ClN2OS. The van der Waals surface area contributed by atoms with E-state index in [9.17, 15) is 4.79 Å². The third-order valence-corrected chi connectivity index (χ3v) is 5.67. The summed E-state index contributed by atoms with van der Waals surface area (Å²) in [4.78, 5) is 16.9. The Balaban J connectivity index is 0.00000147. The standard InChI is InChI=1S/C15H22N2OS.ClH/c1-10-3-4-13-11(7-10)8-14(19-13)15(18)17(2)12-5-6-16-9-12;/h8,10,12,16H,3-7,9H2,1-2H3;1H. The average Bonchev–Trinajstić information content (AvgIpc) is 3.05. The molecule has 2 unspecified atom stereocenters. The molecule has 1 fully saturated rings. The highest BCUT2D eigenvalue weighted by Gasteiger charge is 2.27. The van der Waals surface area contributed by atoms with Crippen LogP contribution in [0.5, 0.6) is 0 Å². The summed E-state index contributed by atoms with van der Waals surface area (Å²) in [7, 11) is 1.95. The first-order valence-corrected chi connectivity index (χ1v) is 8.06. The molecule has 0 bridgehead atoms. The number of fused-ring (bicyclic) bond motifs is 1. The van der Waals surface area contributed by atoms with Gasteiger partial charge in [-0.15, -0.1) is 23.7 Å². The van der Waals surface area contributed by atoms with Crippen molar-refractivity contribution in [2.75, 3.05) is 20.1 Å². The van der Waals surface area contributed by atoms with Crippen molar-refractivity contribution < 1.29 is 4.79 Å². The van der Waals surface area contributed by atoms with Gasteiger partial charge in [0.2, 0.25) is 0 Å². The van der Waals surface area contributed by atoms with Crippen LogP contribution in [0.1, 0.15) is 39.9 Å². The van der Waals surface area contributed by atoms with E-state index in [2.05, 4.69) is 18.3 Å². The second-order valence-corrected chi connectivity index (χ2v) is 7.11. The van der Waals surface area contributed by atoms with E-state index in [0.717, 1.165) is 43.1 Å². The number of carbonyl (C=O) groups excluding carboxylic acids is 1. The van der Waals surface area contributed by atoms with Gasteiger partial charge in [0.15, 0.2) is 0 Å². The van der Waals surface area contributed by atoms with E-state index < -0.39 is 0 Å². The highest BCUT2D eigenvalue weighted by molar-refractivity contribution is 7.14. The zero-order valence-corrected chi connectivity index (χ0v) is 13.8. The van der Waals surface area contributed by atoms with Gasteiger partial charge in [-0.25, -0.2) is 0 Å². The average molecular weight is 315 g/mol. The van der Waals surface area contributed by atoms with Crippen molar-refractivity contribution in [3.63, 3.8) is 0 Å². The lowest BCUT2D eigenvalue weighted by Gasteiger charge is -2.23. The lowest BCUT2D eigenvalue weighted by molar-refractivity contribution is 0.0748.